The van der Waals surface area contributed by atoms with Gasteiger partial charge in [0.05, 0.1) is 13.2 Å². The van der Waals surface area contributed by atoms with Crippen molar-refractivity contribution < 1.29 is 4.74 Å². The van der Waals surface area contributed by atoms with Gasteiger partial charge in [-0.2, -0.15) is 0 Å². The lowest BCUT2D eigenvalue weighted by atomic mass is 10.1. The number of halogens is 1. The average Bonchev–Trinajstić information content (AvgIpc) is 2.25. The van der Waals surface area contributed by atoms with Crippen LogP contribution in [0.3, 0.4) is 0 Å². The first-order chi connectivity index (χ1) is 6.86. The van der Waals surface area contributed by atoms with Gasteiger partial charge < -0.3 is 4.74 Å². The third-order valence-electron chi connectivity index (χ3n) is 1.94. The molecule has 0 saturated carbocycles. The number of alkyl halides is 1. The third-order valence-corrected chi connectivity index (χ3v) is 2.10. The largest absolute Gasteiger partial charge is 0.380 e. The Kier molecular flexibility index (Phi) is 5.35. The molecule has 0 aromatic heterocycles. The van der Waals surface area contributed by atoms with E-state index in [1.165, 1.54) is 5.56 Å². The fourth-order valence-corrected chi connectivity index (χ4v) is 1.33. The van der Waals surface area contributed by atoms with E-state index in [1.807, 2.05) is 18.2 Å². The van der Waals surface area contributed by atoms with E-state index in [0.29, 0.717) is 12.5 Å². The van der Waals surface area contributed by atoms with E-state index < -0.39 is 0 Å². The molecule has 0 spiro atoms. The predicted octanol–water partition coefficient (Wildman–Crippen LogP) is 3.13. The molecule has 14 heavy (non-hydrogen) atoms. The fourth-order valence-electron chi connectivity index (χ4n) is 1.22. The summed E-state index contributed by atoms with van der Waals surface area (Å²) >= 11 is 5.49. The topological polar surface area (TPSA) is 9.23 Å². The first-order valence-electron chi connectivity index (χ1n) is 4.72. The summed E-state index contributed by atoms with van der Waals surface area (Å²) in [5.74, 6) is 0.562. The Morgan fingerprint density at radius 1 is 1.36 bits per heavy atom. The van der Waals surface area contributed by atoms with Crippen LogP contribution in [0, 0.1) is 0 Å². The smallest absolute Gasteiger partial charge is 0.0601 e. The summed E-state index contributed by atoms with van der Waals surface area (Å²) in [4.78, 5) is 0. The van der Waals surface area contributed by atoms with Crippen molar-refractivity contribution >= 4 is 17.7 Å². The van der Waals surface area contributed by atoms with Gasteiger partial charge in [0.1, 0.15) is 0 Å². The summed E-state index contributed by atoms with van der Waals surface area (Å²) in [6, 6.07) is 8.29. The molecule has 2 heteroatoms. The van der Waals surface area contributed by atoms with Crippen LogP contribution in [0.2, 0.25) is 0 Å². The SMILES string of the molecule is C=Cc1cccc(CCOCCCl)c1. The van der Waals surface area contributed by atoms with Gasteiger partial charge in [0.15, 0.2) is 0 Å². The van der Waals surface area contributed by atoms with Crippen molar-refractivity contribution in [1.82, 2.24) is 0 Å². The van der Waals surface area contributed by atoms with Crippen LogP contribution < -0.4 is 0 Å². The van der Waals surface area contributed by atoms with Gasteiger partial charge in [-0.15, -0.1) is 11.6 Å². The molecule has 0 fully saturated rings. The van der Waals surface area contributed by atoms with Gasteiger partial charge in [-0.05, 0) is 17.5 Å². The van der Waals surface area contributed by atoms with Crippen LogP contribution in [0.15, 0.2) is 30.8 Å². The Hall–Kier alpha value is -0.790. The summed E-state index contributed by atoms with van der Waals surface area (Å²) in [5.41, 5.74) is 2.43. The molecular formula is C12H15ClO. The van der Waals surface area contributed by atoms with Crippen molar-refractivity contribution in [1.29, 1.82) is 0 Å². The zero-order valence-corrected chi connectivity index (χ0v) is 8.96. The average molecular weight is 211 g/mol. The highest BCUT2D eigenvalue weighted by Gasteiger charge is 1.93. The van der Waals surface area contributed by atoms with Crippen LogP contribution in [0.1, 0.15) is 11.1 Å². The van der Waals surface area contributed by atoms with Crippen molar-refractivity contribution in [2.75, 3.05) is 19.1 Å². The molecule has 0 bridgehead atoms. The zero-order valence-electron chi connectivity index (χ0n) is 8.21. The van der Waals surface area contributed by atoms with Gasteiger partial charge in [-0.25, -0.2) is 0 Å². The van der Waals surface area contributed by atoms with Crippen LogP contribution in [-0.2, 0) is 11.2 Å². The number of benzene rings is 1. The molecule has 0 aliphatic heterocycles. The molecule has 1 nitrogen and oxygen atoms in total. The highest BCUT2D eigenvalue weighted by atomic mass is 35.5. The Morgan fingerprint density at radius 2 is 2.21 bits per heavy atom. The number of hydrogen-bond acceptors (Lipinski definition) is 1. The third kappa shape index (κ3) is 3.95. The first-order valence-corrected chi connectivity index (χ1v) is 5.25. The lowest BCUT2D eigenvalue weighted by Gasteiger charge is -2.03. The molecule has 0 aliphatic rings. The Labute approximate surface area is 90.3 Å². The standard InChI is InChI=1S/C12H15ClO/c1-2-11-4-3-5-12(10-11)6-8-14-9-7-13/h2-5,10H,1,6-9H2. The van der Waals surface area contributed by atoms with Gasteiger partial charge in [-0.1, -0.05) is 36.9 Å². The molecule has 0 amide bonds. The van der Waals surface area contributed by atoms with Gasteiger partial charge >= 0.3 is 0 Å². The lowest BCUT2D eigenvalue weighted by Crippen LogP contribution is -2.01. The van der Waals surface area contributed by atoms with Gasteiger partial charge in [0.2, 0.25) is 0 Å². The molecule has 1 rings (SSSR count). The quantitative estimate of drug-likeness (QED) is 0.518. The second kappa shape index (κ2) is 6.63. The molecule has 0 heterocycles. The summed E-state index contributed by atoms with van der Waals surface area (Å²) in [5, 5.41) is 0. The Balaban J connectivity index is 2.38. The highest BCUT2D eigenvalue weighted by molar-refractivity contribution is 6.17. The van der Waals surface area contributed by atoms with Crippen molar-refractivity contribution in [3.05, 3.63) is 42.0 Å². The summed E-state index contributed by atoms with van der Waals surface area (Å²) < 4.78 is 5.30. The maximum Gasteiger partial charge on any atom is 0.0601 e. The maximum absolute atomic E-state index is 5.49. The minimum Gasteiger partial charge on any atom is -0.380 e. The van der Waals surface area contributed by atoms with Crippen LogP contribution in [0.25, 0.3) is 6.08 Å². The number of hydrogen-bond donors (Lipinski definition) is 0. The Bertz CT molecular complexity index is 283. The Morgan fingerprint density at radius 3 is 2.93 bits per heavy atom. The van der Waals surface area contributed by atoms with Crippen LogP contribution in [0.4, 0.5) is 0 Å². The van der Waals surface area contributed by atoms with Gasteiger partial charge in [0, 0.05) is 5.88 Å². The van der Waals surface area contributed by atoms with Crippen molar-refractivity contribution in [2.45, 2.75) is 6.42 Å². The zero-order chi connectivity index (χ0) is 10.2. The normalized spacial score (nSPS) is 10.1. The van der Waals surface area contributed by atoms with Crippen LogP contribution >= 0.6 is 11.6 Å². The molecule has 76 valence electrons. The van der Waals surface area contributed by atoms with E-state index in [-0.39, 0.29) is 0 Å². The molecule has 0 aliphatic carbocycles. The molecule has 0 atom stereocenters. The molecule has 0 N–H and O–H groups in total. The highest BCUT2D eigenvalue weighted by Crippen LogP contribution is 2.07. The molecule has 0 saturated heterocycles. The number of rotatable bonds is 6. The van der Waals surface area contributed by atoms with E-state index >= 15 is 0 Å². The van der Waals surface area contributed by atoms with E-state index in [9.17, 15) is 0 Å². The molecule has 0 radical (unpaired) electrons. The predicted molar refractivity (Wildman–Crippen MR) is 61.8 cm³/mol. The van der Waals surface area contributed by atoms with Crippen molar-refractivity contribution in [3.63, 3.8) is 0 Å². The van der Waals surface area contributed by atoms with E-state index in [4.69, 9.17) is 16.3 Å². The second-order valence-electron chi connectivity index (χ2n) is 3.00. The maximum atomic E-state index is 5.49. The summed E-state index contributed by atoms with van der Waals surface area (Å²) in [7, 11) is 0. The van der Waals surface area contributed by atoms with Crippen LogP contribution in [-0.4, -0.2) is 19.1 Å². The summed E-state index contributed by atoms with van der Waals surface area (Å²) in [6.45, 7) is 5.09. The number of ether oxygens (including phenoxy) is 1. The lowest BCUT2D eigenvalue weighted by molar-refractivity contribution is 0.152. The van der Waals surface area contributed by atoms with E-state index in [0.717, 1.165) is 18.6 Å². The summed E-state index contributed by atoms with van der Waals surface area (Å²) in [6.07, 6.45) is 2.78. The minimum absolute atomic E-state index is 0.562. The molecular weight excluding hydrogens is 196 g/mol. The molecule has 1 aromatic rings. The van der Waals surface area contributed by atoms with Crippen molar-refractivity contribution in [2.24, 2.45) is 0 Å². The molecule has 1 aromatic carbocycles. The van der Waals surface area contributed by atoms with Gasteiger partial charge in [-0.3, -0.25) is 0 Å². The first kappa shape index (κ1) is 11.3. The second-order valence-corrected chi connectivity index (χ2v) is 3.38. The van der Waals surface area contributed by atoms with E-state index in [2.05, 4.69) is 18.7 Å². The van der Waals surface area contributed by atoms with Crippen LogP contribution in [0.5, 0.6) is 0 Å². The molecule has 0 unspecified atom stereocenters. The monoisotopic (exact) mass is 210 g/mol. The van der Waals surface area contributed by atoms with E-state index in [1.54, 1.807) is 0 Å². The van der Waals surface area contributed by atoms with Crippen molar-refractivity contribution in [3.8, 4) is 0 Å². The minimum atomic E-state index is 0.562. The fraction of sp³-hybridized carbons (Fsp3) is 0.333. The van der Waals surface area contributed by atoms with Gasteiger partial charge in [0.25, 0.3) is 0 Å².